The third kappa shape index (κ3) is 2.97. The van der Waals surface area contributed by atoms with Crippen molar-refractivity contribution in [3.63, 3.8) is 0 Å². The minimum atomic E-state index is -0.219. The lowest BCUT2D eigenvalue weighted by Crippen LogP contribution is -2.26. The van der Waals surface area contributed by atoms with Crippen LogP contribution in [0.3, 0.4) is 0 Å². The highest BCUT2D eigenvalue weighted by molar-refractivity contribution is 9.10. The molecule has 1 aliphatic rings. The van der Waals surface area contributed by atoms with Gasteiger partial charge in [-0.3, -0.25) is 4.68 Å². The molecule has 0 aliphatic heterocycles. The molecule has 18 heavy (non-hydrogen) atoms. The highest BCUT2D eigenvalue weighted by atomic mass is 79.9. The first-order chi connectivity index (χ1) is 8.63. The van der Waals surface area contributed by atoms with E-state index in [2.05, 4.69) is 28.0 Å². The van der Waals surface area contributed by atoms with E-state index in [-0.39, 0.29) is 6.10 Å². The number of hydrogen-bond acceptors (Lipinski definition) is 2. The summed E-state index contributed by atoms with van der Waals surface area (Å²) in [4.78, 5) is 0. The number of rotatable bonds is 4. The third-order valence-electron chi connectivity index (χ3n) is 4.05. The molecule has 2 rings (SSSR count). The molecule has 0 amide bonds. The van der Waals surface area contributed by atoms with E-state index in [4.69, 9.17) is 0 Å². The highest BCUT2D eigenvalue weighted by Gasteiger charge is 2.24. The lowest BCUT2D eigenvalue weighted by Gasteiger charge is -2.26. The van der Waals surface area contributed by atoms with E-state index in [0.29, 0.717) is 5.92 Å². The van der Waals surface area contributed by atoms with Gasteiger partial charge in [-0.25, -0.2) is 0 Å². The Hall–Kier alpha value is -0.350. The Labute approximate surface area is 118 Å². The molecule has 1 heterocycles. The summed E-state index contributed by atoms with van der Waals surface area (Å²) in [5, 5.41) is 14.9. The van der Waals surface area contributed by atoms with Crippen LogP contribution in [0.15, 0.2) is 4.47 Å². The lowest BCUT2D eigenvalue weighted by atomic mass is 9.84. The number of aryl methyl sites for hydroxylation is 2. The van der Waals surface area contributed by atoms with Gasteiger partial charge in [0.15, 0.2) is 0 Å². The largest absolute Gasteiger partial charge is 0.392 e. The van der Waals surface area contributed by atoms with Gasteiger partial charge in [0, 0.05) is 13.0 Å². The van der Waals surface area contributed by atoms with E-state index in [1.54, 1.807) is 0 Å². The Kier molecular flexibility index (Phi) is 4.84. The first kappa shape index (κ1) is 14.1. The van der Waals surface area contributed by atoms with Crippen LogP contribution in [0.4, 0.5) is 0 Å². The summed E-state index contributed by atoms with van der Waals surface area (Å²) < 4.78 is 3.07. The van der Waals surface area contributed by atoms with Gasteiger partial charge in [0.05, 0.1) is 22.0 Å². The second-order valence-electron chi connectivity index (χ2n) is 5.33. The summed E-state index contributed by atoms with van der Waals surface area (Å²) in [5.74, 6) is 0.478. The van der Waals surface area contributed by atoms with E-state index in [1.807, 2.05) is 11.6 Å². The molecule has 1 atom stereocenters. The van der Waals surface area contributed by atoms with Crippen LogP contribution in [0.5, 0.6) is 0 Å². The SMILES string of the molecule is CCn1nc(C)c(Br)c1CC(O)C1CCCCC1. The van der Waals surface area contributed by atoms with Crippen LogP contribution in [0.1, 0.15) is 50.4 Å². The van der Waals surface area contributed by atoms with Gasteiger partial charge >= 0.3 is 0 Å². The van der Waals surface area contributed by atoms with Crippen molar-refractivity contribution >= 4 is 15.9 Å². The molecular formula is C14H23BrN2O. The fourth-order valence-electron chi connectivity index (χ4n) is 2.95. The molecule has 0 aromatic carbocycles. The van der Waals surface area contributed by atoms with Gasteiger partial charge in [0.2, 0.25) is 0 Å². The molecule has 1 aromatic rings. The molecule has 1 fully saturated rings. The van der Waals surface area contributed by atoms with Crippen LogP contribution in [-0.4, -0.2) is 21.0 Å². The maximum absolute atomic E-state index is 10.4. The van der Waals surface area contributed by atoms with Crippen LogP contribution >= 0.6 is 15.9 Å². The topological polar surface area (TPSA) is 38.0 Å². The molecule has 102 valence electrons. The molecule has 4 heteroatoms. The Balaban J connectivity index is 2.08. The fourth-order valence-corrected chi connectivity index (χ4v) is 3.39. The Morgan fingerprint density at radius 2 is 2.06 bits per heavy atom. The quantitative estimate of drug-likeness (QED) is 0.924. The number of hydrogen-bond donors (Lipinski definition) is 1. The van der Waals surface area contributed by atoms with Crippen LogP contribution < -0.4 is 0 Å². The number of halogens is 1. The maximum Gasteiger partial charge on any atom is 0.0738 e. The first-order valence-electron chi connectivity index (χ1n) is 7.03. The molecule has 0 bridgehead atoms. The van der Waals surface area contributed by atoms with Crippen LogP contribution in [0.2, 0.25) is 0 Å². The maximum atomic E-state index is 10.4. The van der Waals surface area contributed by atoms with Crippen molar-refractivity contribution in [3.8, 4) is 0 Å². The van der Waals surface area contributed by atoms with Gasteiger partial charge < -0.3 is 5.11 Å². The average molecular weight is 315 g/mol. The van der Waals surface area contributed by atoms with E-state index in [0.717, 1.165) is 28.8 Å². The molecule has 1 saturated carbocycles. The Morgan fingerprint density at radius 1 is 1.39 bits per heavy atom. The van der Waals surface area contributed by atoms with E-state index < -0.39 is 0 Å². The predicted octanol–water partition coefficient (Wildman–Crippen LogP) is 3.46. The van der Waals surface area contributed by atoms with Gasteiger partial charge in [0.1, 0.15) is 0 Å². The summed E-state index contributed by atoms with van der Waals surface area (Å²) in [6, 6.07) is 0. The fraction of sp³-hybridized carbons (Fsp3) is 0.786. The number of aliphatic hydroxyl groups is 1. The molecule has 1 N–H and O–H groups in total. The van der Waals surface area contributed by atoms with Crippen LogP contribution in [-0.2, 0) is 13.0 Å². The summed E-state index contributed by atoms with van der Waals surface area (Å²) >= 11 is 3.60. The van der Waals surface area contributed by atoms with E-state index >= 15 is 0 Å². The van der Waals surface area contributed by atoms with Gasteiger partial charge in [-0.15, -0.1) is 0 Å². The van der Waals surface area contributed by atoms with Crippen molar-refractivity contribution in [1.29, 1.82) is 0 Å². The summed E-state index contributed by atoms with van der Waals surface area (Å²) in [6.07, 6.45) is 6.74. The summed E-state index contributed by atoms with van der Waals surface area (Å²) in [5.41, 5.74) is 2.16. The number of aliphatic hydroxyl groups excluding tert-OH is 1. The molecular weight excluding hydrogens is 292 g/mol. The zero-order valence-corrected chi connectivity index (χ0v) is 12.9. The Morgan fingerprint density at radius 3 is 2.67 bits per heavy atom. The van der Waals surface area contributed by atoms with Gasteiger partial charge in [-0.2, -0.15) is 5.10 Å². The second-order valence-corrected chi connectivity index (χ2v) is 6.12. The highest BCUT2D eigenvalue weighted by Crippen LogP contribution is 2.30. The predicted molar refractivity (Wildman–Crippen MR) is 76.6 cm³/mol. The van der Waals surface area contributed by atoms with Crippen LogP contribution in [0, 0.1) is 12.8 Å². The normalized spacial score (nSPS) is 19.1. The van der Waals surface area contributed by atoms with E-state index in [9.17, 15) is 5.11 Å². The molecule has 3 nitrogen and oxygen atoms in total. The Bertz CT molecular complexity index is 397. The lowest BCUT2D eigenvalue weighted by molar-refractivity contribution is 0.0831. The second kappa shape index (κ2) is 6.20. The van der Waals surface area contributed by atoms with Gasteiger partial charge in [-0.05, 0) is 48.5 Å². The minimum Gasteiger partial charge on any atom is -0.392 e. The molecule has 0 saturated heterocycles. The number of aromatic nitrogens is 2. The summed E-state index contributed by atoms with van der Waals surface area (Å²) in [6.45, 7) is 4.96. The molecule has 0 spiro atoms. The van der Waals surface area contributed by atoms with Crippen LogP contribution in [0.25, 0.3) is 0 Å². The minimum absolute atomic E-state index is 0.219. The monoisotopic (exact) mass is 314 g/mol. The smallest absolute Gasteiger partial charge is 0.0738 e. The van der Waals surface area contributed by atoms with Crippen molar-refractivity contribution in [2.75, 3.05) is 0 Å². The van der Waals surface area contributed by atoms with Gasteiger partial charge in [-0.1, -0.05) is 19.3 Å². The van der Waals surface area contributed by atoms with Crippen molar-refractivity contribution in [2.24, 2.45) is 5.92 Å². The zero-order chi connectivity index (χ0) is 13.1. The van der Waals surface area contributed by atoms with Crippen molar-refractivity contribution < 1.29 is 5.11 Å². The van der Waals surface area contributed by atoms with Crippen molar-refractivity contribution in [1.82, 2.24) is 9.78 Å². The van der Waals surface area contributed by atoms with Crippen molar-refractivity contribution in [2.45, 2.75) is 65.0 Å². The average Bonchev–Trinajstić information content (AvgIpc) is 2.67. The zero-order valence-electron chi connectivity index (χ0n) is 11.3. The third-order valence-corrected chi connectivity index (χ3v) is 5.08. The van der Waals surface area contributed by atoms with E-state index in [1.165, 1.54) is 32.1 Å². The molecule has 1 unspecified atom stereocenters. The van der Waals surface area contributed by atoms with Gasteiger partial charge in [0.25, 0.3) is 0 Å². The first-order valence-corrected chi connectivity index (χ1v) is 7.82. The van der Waals surface area contributed by atoms with Crippen molar-refractivity contribution in [3.05, 3.63) is 15.9 Å². The molecule has 0 radical (unpaired) electrons. The summed E-state index contributed by atoms with van der Waals surface area (Å²) in [7, 11) is 0. The number of nitrogens with zero attached hydrogens (tertiary/aromatic N) is 2. The molecule has 1 aliphatic carbocycles. The molecule has 1 aromatic heterocycles. The standard InChI is InChI=1S/C14H23BrN2O/c1-3-17-12(14(15)10(2)16-17)9-13(18)11-7-5-4-6-8-11/h11,13,18H,3-9H2,1-2H3.